The van der Waals surface area contributed by atoms with Crippen LogP contribution in [0.3, 0.4) is 0 Å². The van der Waals surface area contributed by atoms with E-state index in [2.05, 4.69) is 5.32 Å². The van der Waals surface area contributed by atoms with Crippen molar-refractivity contribution in [3.63, 3.8) is 0 Å². The highest BCUT2D eigenvalue weighted by Crippen LogP contribution is 2.28. The van der Waals surface area contributed by atoms with Crippen LogP contribution >= 0.6 is 11.6 Å². The number of carbonyl (C=O) groups excluding carboxylic acids is 1. The molecule has 0 saturated carbocycles. The number of halogens is 1. The molecule has 0 fully saturated rings. The molecule has 1 amide bonds. The topological polar surface area (TPSA) is 75.7 Å². The van der Waals surface area contributed by atoms with Crippen molar-refractivity contribution in [3.05, 3.63) is 53.1 Å². The summed E-state index contributed by atoms with van der Waals surface area (Å²) in [6, 6.07) is 10.9. The zero-order chi connectivity index (χ0) is 20.2. The Balaban J connectivity index is 2.34. The average molecular weight is 411 g/mol. The second-order valence-corrected chi connectivity index (χ2v) is 8.42. The Hall–Kier alpha value is -2.25. The van der Waals surface area contributed by atoms with Crippen molar-refractivity contribution in [2.75, 3.05) is 23.0 Å². The summed E-state index contributed by atoms with van der Waals surface area (Å²) in [4.78, 5) is 12.8. The fourth-order valence-electron chi connectivity index (χ4n) is 2.72. The summed E-state index contributed by atoms with van der Waals surface area (Å²) in [6.45, 7) is 3.67. The third-order valence-corrected chi connectivity index (χ3v) is 5.51. The van der Waals surface area contributed by atoms with Crippen molar-refractivity contribution in [2.45, 2.75) is 26.3 Å². The molecule has 0 saturated heterocycles. The Morgan fingerprint density at radius 3 is 2.33 bits per heavy atom. The molecule has 0 aliphatic heterocycles. The van der Waals surface area contributed by atoms with Crippen molar-refractivity contribution in [1.82, 2.24) is 0 Å². The number of anilines is 2. The molecule has 2 rings (SSSR count). The molecule has 0 aliphatic rings. The molecule has 0 aromatic heterocycles. The number of rotatable bonds is 7. The summed E-state index contributed by atoms with van der Waals surface area (Å²) in [5.74, 6) is 0.0452. The largest absolute Gasteiger partial charge is 0.495 e. The highest BCUT2D eigenvalue weighted by Gasteiger charge is 2.31. The first-order valence-corrected chi connectivity index (χ1v) is 10.6. The van der Waals surface area contributed by atoms with Crippen LogP contribution in [0.15, 0.2) is 42.5 Å². The van der Waals surface area contributed by atoms with Crippen LogP contribution in [0.5, 0.6) is 5.75 Å². The molecule has 1 N–H and O–H groups in total. The van der Waals surface area contributed by atoms with Gasteiger partial charge in [0.15, 0.2) is 0 Å². The molecule has 2 aromatic carbocycles. The highest BCUT2D eigenvalue weighted by molar-refractivity contribution is 7.92. The summed E-state index contributed by atoms with van der Waals surface area (Å²) < 4.78 is 31.1. The quantitative estimate of drug-likeness (QED) is 0.752. The Morgan fingerprint density at radius 2 is 1.85 bits per heavy atom. The van der Waals surface area contributed by atoms with Gasteiger partial charge < -0.3 is 10.1 Å². The van der Waals surface area contributed by atoms with E-state index in [4.69, 9.17) is 16.3 Å². The summed E-state index contributed by atoms with van der Waals surface area (Å²) in [5, 5.41) is 3.08. The van der Waals surface area contributed by atoms with Gasteiger partial charge >= 0.3 is 0 Å². The van der Waals surface area contributed by atoms with Crippen LogP contribution < -0.4 is 14.4 Å². The third kappa shape index (κ3) is 5.14. The number of hydrogen-bond acceptors (Lipinski definition) is 4. The van der Waals surface area contributed by atoms with Crippen LogP contribution in [0.1, 0.15) is 18.9 Å². The number of nitrogens with zero attached hydrogens (tertiary/aromatic N) is 1. The Bertz CT molecular complexity index is 914. The molecule has 0 bridgehead atoms. The fourth-order valence-corrected chi connectivity index (χ4v) is 4.19. The van der Waals surface area contributed by atoms with E-state index in [1.54, 1.807) is 49.4 Å². The molecule has 0 aliphatic carbocycles. The molecule has 0 unspecified atom stereocenters. The number of aryl methyl sites for hydroxylation is 1. The lowest BCUT2D eigenvalue weighted by Gasteiger charge is -2.30. The van der Waals surface area contributed by atoms with E-state index in [1.165, 1.54) is 7.11 Å². The number of hydrogen-bond donors (Lipinski definition) is 1. The molecule has 27 heavy (non-hydrogen) atoms. The summed E-state index contributed by atoms with van der Waals surface area (Å²) in [6.07, 6.45) is 1.39. The van der Waals surface area contributed by atoms with Gasteiger partial charge in [-0.1, -0.05) is 36.2 Å². The molecule has 8 heteroatoms. The molecule has 0 radical (unpaired) electrons. The number of carbonyl (C=O) groups is 1. The Labute approximate surface area is 165 Å². The van der Waals surface area contributed by atoms with Crippen LogP contribution in [0.25, 0.3) is 0 Å². The molecule has 0 spiro atoms. The van der Waals surface area contributed by atoms with Crippen LogP contribution in [-0.2, 0) is 14.8 Å². The Morgan fingerprint density at radius 1 is 1.22 bits per heavy atom. The monoisotopic (exact) mass is 410 g/mol. The predicted molar refractivity (Wildman–Crippen MR) is 109 cm³/mol. The van der Waals surface area contributed by atoms with Crippen molar-refractivity contribution >= 4 is 38.9 Å². The van der Waals surface area contributed by atoms with Crippen molar-refractivity contribution in [2.24, 2.45) is 0 Å². The van der Waals surface area contributed by atoms with E-state index >= 15 is 0 Å². The summed E-state index contributed by atoms with van der Waals surface area (Å²) >= 11 is 6.09. The number of methoxy groups -OCH3 is 1. The van der Waals surface area contributed by atoms with Gasteiger partial charge in [0.1, 0.15) is 11.8 Å². The first-order chi connectivity index (χ1) is 12.7. The van der Waals surface area contributed by atoms with Gasteiger partial charge in [-0.15, -0.1) is 0 Å². The normalized spacial score (nSPS) is 12.3. The number of amides is 1. The van der Waals surface area contributed by atoms with Gasteiger partial charge in [-0.2, -0.15) is 0 Å². The van der Waals surface area contributed by atoms with Crippen LogP contribution in [0.4, 0.5) is 11.4 Å². The van der Waals surface area contributed by atoms with E-state index in [0.29, 0.717) is 28.6 Å². The first kappa shape index (κ1) is 21.1. The minimum absolute atomic E-state index is 0.302. The predicted octanol–water partition coefficient (Wildman–Crippen LogP) is 3.84. The van der Waals surface area contributed by atoms with E-state index in [-0.39, 0.29) is 0 Å². The molecular formula is C19H23ClN2O4S. The first-order valence-electron chi connectivity index (χ1n) is 8.37. The Kier molecular flexibility index (Phi) is 6.73. The number of ether oxygens (including phenoxy) is 1. The SMILES string of the molecule is CC[C@H](C(=O)Nc1ccc(OC)c(Cl)c1)N(c1ccc(C)cc1)S(C)(=O)=O. The number of benzene rings is 2. The fraction of sp³-hybridized carbons (Fsp3) is 0.316. The molecule has 146 valence electrons. The standard InChI is InChI=1S/C19H23ClN2O4S/c1-5-17(19(23)21-14-8-11-18(26-3)16(20)12-14)22(27(4,24)25)15-9-6-13(2)7-10-15/h6-12,17H,5H2,1-4H3,(H,21,23)/t17-/m1/s1. The average Bonchev–Trinajstić information content (AvgIpc) is 2.59. The maximum atomic E-state index is 12.8. The second-order valence-electron chi connectivity index (χ2n) is 6.16. The van der Waals surface area contributed by atoms with Crippen molar-refractivity contribution in [1.29, 1.82) is 0 Å². The lowest BCUT2D eigenvalue weighted by molar-refractivity contribution is -0.117. The maximum Gasteiger partial charge on any atom is 0.248 e. The van der Waals surface area contributed by atoms with Gasteiger partial charge in [0.05, 0.1) is 24.1 Å². The van der Waals surface area contributed by atoms with E-state index in [0.717, 1.165) is 16.1 Å². The van der Waals surface area contributed by atoms with Gasteiger partial charge in [-0.25, -0.2) is 8.42 Å². The smallest absolute Gasteiger partial charge is 0.248 e. The number of nitrogens with one attached hydrogen (secondary N) is 1. The van der Waals surface area contributed by atoms with Crippen molar-refractivity contribution in [3.8, 4) is 5.75 Å². The van der Waals surface area contributed by atoms with E-state index in [1.807, 2.05) is 6.92 Å². The van der Waals surface area contributed by atoms with Crippen molar-refractivity contribution < 1.29 is 17.9 Å². The second kappa shape index (κ2) is 8.63. The molecule has 1 atom stereocenters. The molecule has 2 aromatic rings. The van der Waals surface area contributed by atoms with Gasteiger partial charge in [0.25, 0.3) is 0 Å². The third-order valence-electron chi connectivity index (χ3n) is 4.04. The molecular weight excluding hydrogens is 388 g/mol. The summed E-state index contributed by atoms with van der Waals surface area (Å²) in [7, 11) is -2.17. The van der Waals surface area contributed by atoms with Gasteiger partial charge in [-0.05, 0) is 43.7 Å². The lowest BCUT2D eigenvalue weighted by atomic mass is 10.1. The minimum Gasteiger partial charge on any atom is -0.495 e. The summed E-state index contributed by atoms with van der Waals surface area (Å²) in [5.41, 5.74) is 1.90. The zero-order valence-corrected chi connectivity index (χ0v) is 17.3. The molecule has 0 heterocycles. The highest BCUT2D eigenvalue weighted by atomic mass is 35.5. The van der Waals surface area contributed by atoms with E-state index in [9.17, 15) is 13.2 Å². The zero-order valence-electron chi connectivity index (χ0n) is 15.7. The lowest BCUT2D eigenvalue weighted by Crippen LogP contribution is -2.47. The minimum atomic E-state index is -3.67. The van der Waals surface area contributed by atoms with Crippen LogP contribution in [0, 0.1) is 6.92 Å². The van der Waals surface area contributed by atoms with Gasteiger partial charge in [0, 0.05) is 5.69 Å². The van der Waals surface area contributed by atoms with Gasteiger partial charge in [-0.3, -0.25) is 9.10 Å². The van der Waals surface area contributed by atoms with Gasteiger partial charge in [0.2, 0.25) is 15.9 Å². The maximum absolute atomic E-state index is 12.8. The van der Waals surface area contributed by atoms with E-state index < -0.39 is 22.0 Å². The van der Waals surface area contributed by atoms with Crippen LogP contribution in [-0.4, -0.2) is 33.7 Å². The molecule has 6 nitrogen and oxygen atoms in total. The van der Waals surface area contributed by atoms with Crippen LogP contribution in [0.2, 0.25) is 5.02 Å². The number of sulfonamides is 1.